The molecule has 2 N–H and O–H groups in total. The lowest BCUT2D eigenvalue weighted by atomic mass is 10.1. The molecule has 0 rings (SSSR count). The van der Waals surface area contributed by atoms with Gasteiger partial charge < -0.3 is 10.2 Å². The average Bonchev–Trinajstić information content (AvgIpc) is 2.03. The van der Waals surface area contributed by atoms with Gasteiger partial charge in [0.1, 0.15) is 4.93 Å². The second kappa shape index (κ2) is 9.81. The highest BCUT2D eigenvalue weighted by molar-refractivity contribution is 7.81. The van der Waals surface area contributed by atoms with E-state index in [1.165, 1.54) is 6.42 Å². The molecule has 14 heavy (non-hydrogen) atoms. The minimum atomic E-state index is -0.755. The van der Waals surface area contributed by atoms with Gasteiger partial charge in [0.25, 0.3) is 0 Å². The molecule has 0 aromatic heterocycles. The lowest BCUT2D eigenvalue weighted by Gasteiger charge is -2.12. The Kier molecular flexibility index (Phi) is 11.7. The van der Waals surface area contributed by atoms with Crippen LogP contribution in [0.2, 0.25) is 0 Å². The molecule has 0 radical (unpaired) electrons. The molecule has 3 heteroatoms. The van der Waals surface area contributed by atoms with Crippen LogP contribution in [0.25, 0.3) is 0 Å². The maximum atomic E-state index is 8.88. The summed E-state index contributed by atoms with van der Waals surface area (Å²) in [4.78, 5) is -0.755. The summed E-state index contributed by atoms with van der Waals surface area (Å²) in [6.45, 7) is 8.24. The smallest absolute Gasteiger partial charge is 0.104 e. The van der Waals surface area contributed by atoms with Gasteiger partial charge in [-0.3, -0.25) is 0 Å². The van der Waals surface area contributed by atoms with E-state index in [0.29, 0.717) is 12.5 Å². The highest BCUT2D eigenvalue weighted by atomic mass is 32.1. The third-order valence-electron chi connectivity index (χ3n) is 1.82. The maximum Gasteiger partial charge on any atom is 0.104 e. The molecule has 2 atom stereocenters. The standard InChI is InChI=1S/C6H14O.C5H12OS/c1-3-4-6(2)5-7;1-3-4-5(2,6)7/h6-7H,3-5H2,1-2H3;6-7H,3-4H2,1-2H3. The molecule has 0 aromatic carbocycles. The molecule has 0 aliphatic rings. The van der Waals surface area contributed by atoms with E-state index in [0.717, 1.165) is 19.3 Å². The van der Waals surface area contributed by atoms with E-state index >= 15 is 0 Å². The zero-order chi connectivity index (χ0) is 11.6. The molecular weight excluding hydrogens is 196 g/mol. The first kappa shape index (κ1) is 16.7. The highest BCUT2D eigenvalue weighted by Gasteiger charge is 2.09. The van der Waals surface area contributed by atoms with Crippen LogP contribution < -0.4 is 0 Å². The molecule has 0 saturated heterocycles. The van der Waals surface area contributed by atoms with Crippen LogP contribution >= 0.6 is 12.6 Å². The number of hydrogen-bond donors (Lipinski definition) is 3. The number of aliphatic hydroxyl groups excluding tert-OH is 1. The zero-order valence-corrected chi connectivity index (χ0v) is 10.8. The van der Waals surface area contributed by atoms with Gasteiger partial charge in [0.2, 0.25) is 0 Å². The van der Waals surface area contributed by atoms with E-state index in [9.17, 15) is 0 Å². The first-order valence-electron chi connectivity index (χ1n) is 5.43. The summed E-state index contributed by atoms with van der Waals surface area (Å²) in [5, 5.41) is 17.3. The molecule has 0 spiro atoms. The fraction of sp³-hybridized carbons (Fsp3) is 1.00. The van der Waals surface area contributed by atoms with Crippen molar-refractivity contribution in [2.75, 3.05) is 6.61 Å². The minimum absolute atomic E-state index is 0.341. The van der Waals surface area contributed by atoms with Crippen molar-refractivity contribution in [2.45, 2.75) is 58.3 Å². The highest BCUT2D eigenvalue weighted by Crippen LogP contribution is 2.14. The second-order valence-electron chi connectivity index (χ2n) is 4.04. The Morgan fingerprint density at radius 1 is 1.29 bits per heavy atom. The third-order valence-corrected chi connectivity index (χ3v) is 2.04. The Bertz CT molecular complexity index is 110. The van der Waals surface area contributed by atoms with Gasteiger partial charge in [-0.2, -0.15) is 0 Å². The molecule has 2 unspecified atom stereocenters. The summed E-state index contributed by atoms with van der Waals surface area (Å²) in [5.41, 5.74) is 0. The van der Waals surface area contributed by atoms with Gasteiger partial charge in [0, 0.05) is 6.61 Å². The lowest BCUT2D eigenvalue weighted by Crippen LogP contribution is -2.13. The van der Waals surface area contributed by atoms with E-state index in [-0.39, 0.29) is 0 Å². The number of rotatable bonds is 5. The van der Waals surface area contributed by atoms with Crippen LogP contribution in [0.3, 0.4) is 0 Å². The molecular formula is C11H26O2S. The first-order chi connectivity index (χ1) is 6.37. The van der Waals surface area contributed by atoms with Crippen LogP contribution in [0.15, 0.2) is 0 Å². The SMILES string of the molecule is CCCC(C)(O)S.CCCC(C)CO. The fourth-order valence-corrected chi connectivity index (χ4v) is 1.28. The van der Waals surface area contributed by atoms with E-state index < -0.39 is 4.93 Å². The Hall–Kier alpha value is 0.270. The van der Waals surface area contributed by atoms with Crippen molar-refractivity contribution in [1.29, 1.82) is 0 Å². The molecule has 0 aliphatic carbocycles. The van der Waals surface area contributed by atoms with E-state index in [1.807, 2.05) is 6.92 Å². The number of thiol groups is 1. The van der Waals surface area contributed by atoms with E-state index in [2.05, 4.69) is 26.5 Å². The predicted molar refractivity (Wildman–Crippen MR) is 65.7 cm³/mol. The van der Waals surface area contributed by atoms with Crippen molar-refractivity contribution in [2.24, 2.45) is 5.92 Å². The molecule has 0 saturated carbocycles. The van der Waals surface area contributed by atoms with Crippen molar-refractivity contribution in [3.8, 4) is 0 Å². The van der Waals surface area contributed by atoms with Crippen LogP contribution in [-0.4, -0.2) is 21.8 Å². The van der Waals surface area contributed by atoms with Crippen LogP contribution in [0, 0.1) is 5.92 Å². The number of hydrogen-bond acceptors (Lipinski definition) is 3. The Morgan fingerprint density at radius 3 is 1.86 bits per heavy atom. The normalized spacial score (nSPS) is 16.5. The summed E-state index contributed by atoms with van der Waals surface area (Å²) in [6, 6.07) is 0. The summed E-state index contributed by atoms with van der Waals surface area (Å²) >= 11 is 3.89. The maximum absolute atomic E-state index is 8.88. The average molecular weight is 222 g/mol. The van der Waals surface area contributed by atoms with Crippen molar-refractivity contribution in [3.05, 3.63) is 0 Å². The van der Waals surface area contributed by atoms with Gasteiger partial charge >= 0.3 is 0 Å². The lowest BCUT2D eigenvalue weighted by molar-refractivity contribution is 0.149. The summed E-state index contributed by atoms with van der Waals surface area (Å²) < 4.78 is 0. The summed E-state index contributed by atoms with van der Waals surface area (Å²) in [7, 11) is 0. The Labute approximate surface area is 94.1 Å². The molecule has 0 fully saturated rings. The van der Waals surface area contributed by atoms with Gasteiger partial charge in [0.15, 0.2) is 0 Å². The van der Waals surface area contributed by atoms with Gasteiger partial charge in [-0.05, 0) is 25.7 Å². The van der Waals surface area contributed by atoms with E-state index in [4.69, 9.17) is 10.2 Å². The van der Waals surface area contributed by atoms with Crippen LogP contribution in [0.5, 0.6) is 0 Å². The van der Waals surface area contributed by atoms with Crippen molar-refractivity contribution < 1.29 is 10.2 Å². The Morgan fingerprint density at radius 2 is 1.79 bits per heavy atom. The van der Waals surface area contributed by atoms with Crippen LogP contribution in [0.1, 0.15) is 53.4 Å². The summed E-state index contributed by atoms with van der Waals surface area (Å²) in [5.74, 6) is 0.505. The quantitative estimate of drug-likeness (QED) is 0.494. The molecule has 2 nitrogen and oxygen atoms in total. The molecule has 88 valence electrons. The van der Waals surface area contributed by atoms with E-state index in [1.54, 1.807) is 6.92 Å². The Balaban J connectivity index is 0. The topological polar surface area (TPSA) is 40.5 Å². The molecule has 0 aromatic rings. The van der Waals surface area contributed by atoms with Gasteiger partial charge in [-0.25, -0.2) is 0 Å². The van der Waals surface area contributed by atoms with Crippen molar-refractivity contribution in [1.82, 2.24) is 0 Å². The number of aliphatic hydroxyl groups is 2. The fourth-order valence-electron chi connectivity index (χ4n) is 1.06. The molecule has 0 amide bonds. The van der Waals surface area contributed by atoms with Gasteiger partial charge in [-0.15, -0.1) is 12.6 Å². The minimum Gasteiger partial charge on any atom is -0.396 e. The third kappa shape index (κ3) is 18.1. The first-order valence-corrected chi connectivity index (χ1v) is 5.87. The van der Waals surface area contributed by atoms with Gasteiger partial charge in [0.05, 0.1) is 0 Å². The summed E-state index contributed by atoms with van der Waals surface area (Å²) in [6.07, 6.45) is 4.07. The van der Waals surface area contributed by atoms with Crippen LogP contribution in [0.4, 0.5) is 0 Å². The largest absolute Gasteiger partial charge is 0.396 e. The van der Waals surface area contributed by atoms with Crippen molar-refractivity contribution >= 4 is 12.6 Å². The second-order valence-corrected chi connectivity index (χ2v) is 5.01. The molecule has 0 heterocycles. The van der Waals surface area contributed by atoms with Gasteiger partial charge in [-0.1, -0.05) is 33.6 Å². The molecule has 0 aliphatic heterocycles. The zero-order valence-electron chi connectivity index (χ0n) is 9.95. The van der Waals surface area contributed by atoms with Crippen molar-refractivity contribution in [3.63, 3.8) is 0 Å². The monoisotopic (exact) mass is 222 g/mol. The molecule has 0 bridgehead atoms. The van der Waals surface area contributed by atoms with Crippen LogP contribution in [-0.2, 0) is 0 Å². The predicted octanol–water partition coefficient (Wildman–Crippen LogP) is 2.84.